The Morgan fingerprint density at radius 1 is 1.23 bits per heavy atom. The Morgan fingerprint density at radius 3 is 2.68 bits per heavy atom. The number of esters is 1. The minimum Gasteiger partial charge on any atom is -0.485 e. The fourth-order valence-electron chi connectivity index (χ4n) is 3.34. The van der Waals surface area contributed by atoms with Crippen molar-refractivity contribution in [3.8, 4) is 11.5 Å². The average Bonchev–Trinajstić information content (AvgIpc) is 2.77. The van der Waals surface area contributed by atoms with Gasteiger partial charge in [0.2, 0.25) is 6.10 Å². The van der Waals surface area contributed by atoms with E-state index in [0.717, 1.165) is 17.7 Å². The highest BCUT2D eigenvalue weighted by atomic mass is 19.4. The number of rotatable bonds is 7. The van der Waals surface area contributed by atoms with Gasteiger partial charge >= 0.3 is 12.1 Å². The first kappa shape index (κ1) is 22.9. The van der Waals surface area contributed by atoms with Gasteiger partial charge in [0.15, 0.2) is 11.5 Å². The van der Waals surface area contributed by atoms with Crippen LogP contribution in [-0.2, 0) is 15.7 Å². The number of aliphatic hydroxyl groups is 1. The molecule has 3 atom stereocenters. The lowest BCUT2D eigenvalue weighted by atomic mass is 10.0. The molecule has 0 saturated carbocycles. The summed E-state index contributed by atoms with van der Waals surface area (Å²) in [5, 5.41) is 13.6. The van der Waals surface area contributed by atoms with Crippen LogP contribution in [0, 0.1) is 0 Å². The largest absolute Gasteiger partial charge is 0.485 e. The zero-order chi connectivity index (χ0) is 22.6. The number of nitrogens with one attached hydrogen (secondary N) is 1. The number of fused-ring (bicyclic) bond motifs is 1. The van der Waals surface area contributed by atoms with Gasteiger partial charge in [-0.15, -0.1) is 0 Å². The highest BCUT2D eigenvalue weighted by Crippen LogP contribution is 2.35. The van der Waals surface area contributed by atoms with Crippen molar-refractivity contribution in [2.45, 2.75) is 37.8 Å². The molecule has 6 nitrogen and oxygen atoms in total. The molecule has 0 bridgehead atoms. The van der Waals surface area contributed by atoms with Crippen LogP contribution < -0.4 is 14.8 Å². The first-order valence-electron chi connectivity index (χ1n) is 9.82. The summed E-state index contributed by atoms with van der Waals surface area (Å²) in [6.45, 7) is 2.04. The first-order chi connectivity index (χ1) is 14.7. The third kappa shape index (κ3) is 5.48. The van der Waals surface area contributed by atoms with E-state index in [0.29, 0.717) is 17.9 Å². The molecule has 1 aliphatic heterocycles. The maximum absolute atomic E-state index is 12.9. The van der Waals surface area contributed by atoms with Crippen LogP contribution in [0.5, 0.6) is 11.5 Å². The highest BCUT2D eigenvalue weighted by molar-refractivity contribution is 5.75. The van der Waals surface area contributed by atoms with Crippen molar-refractivity contribution in [2.75, 3.05) is 20.3 Å². The van der Waals surface area contributed by atoms with Crippen LogP contribution in [0.4, 0.5) is 13.2 Å². The molecule has 0 radical (unpaired) electrons. The molecule has 2 aromatic rings. The molecule has 3 unspecified atom stereocenters. The third-order valence-corrected chi connectivity index (χ3v) is 5.06. The Bertz CT molecular complexity index is 918. The molecule has 1 aliphatic rings. The number of benzene rings is 2. The third-order valence-electron chi connectivity index (χ3n) is 5.06. The minimum atomic E-state index is -4.47. The minimum absolute atomic E-state index is 0.0294. The maximum Gasteiger partial charge on any atom is 0.416 e. The van der Waals surface area contributed by atoms with E-state index in [4.69, 9.17) is 9.47 Å². The first-order valence-corrected chi connectivity index (χ1v) is 9.82. The number of carbonyl (C=O) groups excluding carboxylic acids is 1. The van der Waals surface area contributed by atoms with Gasteiger partial charge < -0.3 is 24.6 Å². The smallest absolute Gasteiger partial charge is 0.416 e. The normalized spacial score (nSPS) is 17.7. The van der Waals surface area contributed by atoms with Gasteiger partial charge in [0.05, 0.1) is 18.8 Å². The summed E-state index contributed by atoms with van der Waals surface area (Å²) in [7, 11) is 1.27. The molecule has 9 heteroatoms. The summed E-state index contributed by atoms with van der Waals surface area (Å²) < 4.78 is 54.6. The predicted molar refractivity (Wildman–Crippen MR) is 106 cm³/mol. The molecule has 1 heterocycles. The topological polar surface area (TPSA) is 77.0 Å². The Hall–Kier alpha value is -2.78. The van der Waals surface area contributed by atoms with Gasteiger partial charge in [0.25, 0.3) is 0 Å². The van der Waals surface area contributed by atoms with Crippen LogP contribution in [0.25, 0.3) is 0 Å². The molecule has 2 aromatic carbocycles. The number of carbonyl (C=O) groups is 1. The van der Waals surface area contributed by atoms with Crippen molar-refractivity contribution in [3.05, 3.63) is 59.2 Å². The van der Waals surface area contributed by atoms with E-state index in [1.807, 2.05) is 6.92 Å². The number of alkyl halides is 3. The van der Waals surface area contributed by atoms with E-state index in [1.54, 1.807) is 18.2 Å². The molecule has 31 heavy (non-hydrogen) atoms. The molecule has 0 spiro atoms. The van der Waals surface area contributed by atoms with Gasteiger partial charge in [-0.05, 0) is 41.8 Å². The molecule has 2 N–H and O–H groups in total. The Morgan fingerprint density at radius 2 is 2.00 bits per heavy atom. The zero-order valence-electron chi connectivity index (χ0n) is 17.1. The predicted octanol–water partition coefficient (Wildman–Crippen LogP) is 3.79. The number of aliphatic hydroxyl groups excluding tert-OH is 1. The molecule has 0 saturated heterocycles. The van der Waals surface area contributed by atoms with Crippen LogP contribution >= 0.6 is 0 Å². The Kier molecular flexibility index (Phi) is 7.07. The standard InChI is InChI=1S/C22H24F3NO5/c1-3-16(26-11-17(27)14-5-4-6-15(9-14)22(23,24)25)13-7-8-18-19(10-13)30-12-20(31-18)21(28)29-2/h4-10,16-17,20,26-27H,3,11-12H2,1-2H3. The summed E-state index contributed by atoms with van der Waals surface area (Å²) in [5.41, 5.74) is 0.249. The van der Waals surface area contributed by atoms with E-state index in [9.17, 15) is 23.1 Å². The fourth-order valence-corrected chi connectivity index (χ4v) is 3.34. The van der Waals surface area contributed by atoms with Gasteiger partial charge in [-0.25, -0.2) is 4.79 Å². The van der Waals surface area contributed by atoms with Gasteiger partial charge in [0, 0.05) is 12.6 Å². The fraction of sp³-hybridized carbons (Fsp3) is 0.409. The summed E-state index contributed by atoms with van der Waals surface area (Å²) in [6.07, 6.45) is -5.73. The van der Waals surface area contributed by atoms with Crippen molar-refractivity contribution in [3.63, 3.8) is 0 Å². The summed E-state index contributed by atoms with van der Waals surface area (Å²) in [5.74, 6) is 0.381. The molecule has 0 fully saturated rings. The lowest BCUT2D eigenvalue weighted by molar-refractivity contribution is -0.151. The Balaban J connectivity index is 1.66. The molecule has 0 amide bonds. The monoisotopic (exact) mass is 439 g/mol. The van der Waals surface area contributed by atoms with Crippen LogP contribution in [0.1, 0.15) is 42.2 Å². The molecule has 168 valence electrons. The number of methoxy groups -OCH3 is 1. The SMILES string of the molecule is CCC(NCC(O)c1cccc(C(F)(F)F)c1)c1ccc2c(c1)OCC(C(=O)OC)O2. The number of hydrogen-bond donors (Lipinski definition) is 2. The van der Waals surface area contributed by atoms with Crippen LogP contribution in [0.2, 0.25) is 0 Å². The summed E-state index contributed by atoms with van der Waals surface area (Å²) in [6, 6.07) is 9.76. The average molecular weight is 439 g/mol. The van der Waals surface area contributed by atoms with Crippen LogP contribution in [-0.4, -0.2) is 37.4 Å². The summed E-state index contributed by atoms with van der Waals surface area (Å²) in [4.78, 5) is 11.6. The van der Waals surface area contributed by atoms with Crippen molar-refractivity contribution in [2.24, 2.45) is 0 Å². The van der Waals surface area contributed by atoms with Crippen molar-refractivity contribution in [1.29, 1.82) is 0 Å². The van der Waals surface area contributed by atoms with E-state index < -0.39 is 29.9 Å². The van der Waals surface area contributed by atoms with Crippen LogP contribution in [0.3, 0.4) is 0 Å². The van der Waals surface area contributed by atoms with Gasteiger partial charge in [-0.1, -0.05) is 25.1 Å². The highest BCUT2D eigenvalue weighted by Gasteiger charge is 2.31. The van der Waals surface area contributed by atoms with Gasteiger partial charge in [-0.2, -0.15) is 13.2 Å². The molecule has 0 aliphatic carbocycles. The Labute approximate surface area is 177 Å². The van der Waals surface area contributed by atoms with E-state index in [1.165, 1.54) is 19.2 Å². The van der Waals surface area contributed by atoms with Gasteiger partial charge in [-0.3, -0.25) is 0 Å². The zero-order valence-corrected chi connectivity index (χ0v) is 17.1. The second-order valence-electron chi connectivity index (χ2n) is 7.15. The van der Waals surface area contributed by atoms with E-state index in [2.05, 4.69) is 10.1 Å². The van der Waals surface area contributed by atoms with E-state index in [-0.39, 0.29) is 24.8 Å². The molecular formula is C22H24F3NO5. The second-order valence-corrected chi connectivity index (χ2v) is 7.15. The van der Waals surface area contributed by atoms with Gasteiger partial charge in [0.1, 0.15) is 6.61 Å². The van der Waals surface area contributed by atoms with Crippen molar-refractivity contribution in [1.82, 2.24) is 5.32 Å². The van der Waals surface area contributed by atoms with E-state index >= 15 is 0 Å². The van der Waals surface area contributed by atoms with Crippen molar-refractivity contribution < 1.29 is 37.3 Å². The molecule has 3 rings (SSSR count). The maximum atomic E-state index is 12.9. The molecule has 0 aromatic heterocycles. The second kappa shape index (κ2) is 9.57. The summed E-state index contributed by atoms with van der Waals surface area (Å²) >= 11 is 0. The number of halogens is 3. The quantitative estimate of drug-likeness (QED) is 0.640. The lowest BCUT2D eigenvalue weighted by Gasteiger charge is -2.26. The van der Waals surface area contributed by atoms with Crippen LogP contribution in [0.15, 0.2) is 42.5 Å². The molecular weight excluding hydrogens is 415 g/mol. The lowest BCUT2D eigenvalue weighted by Crippen LogP contribution is -2.37. The van der Waals surface area contributed by atoms with Crippen molar-refractivity contribution >= 4 is 5.97 Å². The number of ether oxygens (including phenoxy) is 3. The number of hydrogen-bond acceptors (Lipinski definition) is 6.